The van der Waals surface area contributed by atoms with Gasteiger partial charge in [-0.2, -0.15) is 0 Å². The van der Waals surface area contributed by atoms with E-state index in [4.69, 9.17) is 5.73 Å². The molecule has 19 heavy (non-hydrogen) atoms. The molecule has 0 aliphatic carbocycles. The highest BCUT2D eigenvalue weighted by Crippen LogP contribution is 2.16. The molecular weight excluding hydrogens is 240 g/mol. The normalized spacial score (nSPS) is 14.2. The van der Waals surface area contributed by atoms with Crippen LogP contribution in [0.5, 0.6) is 0 Å². The van der Waals surface area contributed by atoms with E-state index in [0.29, 0.717) is 23.6 Å². The van der Waals surface area contributed by atoms with E-state index in [1.165, 1.54) is 0 Å². The third-order valence-corrected chi connectivity index (χ3v) is 2.84. The van der Waals surface area contributed by atoms with Crippen LogP contribution in [0.2, 0.25) is 0 Å². The second-order valence-electron chi connectivity index (χ2n) is 5.91. The Bertz CT molecular complexity index is 433. The Morgan fingerprint density at radius 2 is 2.05 bits per heavy atom. The number of anilines is 1. The smallest absolute Gasteiger partial charge is 0.251 e. The predicted molar refractivity (Wildman–Crippen MR) is 78.0 cm³/mol. The van der Waals surface area contributed by atoms with Crippen molar-refractivity contribution in [1.29, 1.82) is 0 Å². The van der Waals surface area contributed by atoms with Gasteiger partial charge in [-0.1, -0.05) is 13.8 Å². The maximum Gasteiger partial charge on any atom is 0.251 e. The summed E-state index contributed by atoms with van der Waals surface area (Å²) in [7, 11) is 0. The van der Waals surface area contributed by atoms with E-state index in [9.17, 15) is 9.90 Å². The van der Waals surface area contributed by atoms with Gasteiger partial charge in [0, 0.05) is 17.8 Å². The van der Waals surface area contributed by atoms with Crippen molar-refractivity contribution in [2.24, 2.45) is 5.92 Å². The number of hydrogen-bond acceptors (Lipinski definition) is 3. The van der Waals surface area contributed by atoms with Crippen LogP contribution in [0, 0.1) is 12.8 Å². The van der Waals surface area contributed by atoms with Crippen molar-refractivity contribution >= 4 is 11.6 Å². The SMILES string of the molecule is Cc1cc(N)cc(C(=O)NCC(C)(O)CC(C)C)c1. The number of rotatable bonds is 5. The molecule has 1 amide bonds. The van der Waals surface area contributed by atoms with Gasteiger partial charge in [0.1, 0.15) is 0 Å². The van der Waals surface area contributed by atoms with Gasteiger partial charge < -0.3 is 16.2 Å². The molecule has 1 unspecified atom stereocenters. The third-order valence-electron chi connectivity index (χ3n) is 2.84. The zero-order chi connectivity index (χ0) is 14.6. The molecule has 0 aliphatic heterocycles. The van der Waals surface area contributed by atoms with Gasteiger partial charge in [0.2, 0.25) is 0 Å². The second-order valence-corrected chi connectivity index (χ2v) is 5.91. The summed E-state index contributed by atoms with van der Waals surface area (Å²) in [6.45, 7) is 7.94. The van der Waals surface area contributed by atoms with Crippen LogP contribution in [-0.2, 0) is 0 Å². The van der Waals surface area contributed by atoms with Gasteiger partial charge in [-0.15, -0.1) is 0 Å². The zero-order valence-electron chi connectivity index (χ0n) is 12.2. The molecule has 1 aromatic carbocycles. The Hall–Kier alpha value is -1.55. The Balaban J connectivity index is 2.65. The van der Waals surface area contributed by atoms with Crippen LogP contribution in [-0.4, -0.2) is 23.2 Å². The van der Waals surface area contributed by atoms with Gasteiger partial charge in [0.25, 0.3) is 5.91 Å². The number of nitrogens with two attached hydrogens (primary N) is 1. The molecule has 4 N–H and O–H groups in total. The molecule has 1 atom stereocenters. The molecular formula is C15H24N2O2. The predicted octanol–water partition coefficient (Wildman–Crippen LogP) is 2.10. The summed E-state index contributed by atoms with van der Waals surface area (Å²) in [5.41, 5.74) is 6.86. The molecule has 0 saturated carbocycles. The van der Waals surface area contributed by atoms with Crippen LogP contribution in [0.15, 0.2) is 18.2 Å². The van der Waals surface area contributed by atoms with E-state index in [0.717, 1.165) is 5.56 Å². The number of hydrogen-bond donors (Lipinski definition) is 3. The van der Waals surface area contributed by atoms with Crippen LogP contribution in [0.25, 0.3) is 0 Å². The first kappa shape index (κ1) is 15.5. The summed E-state index contributed by atoms with van der Waals surface area (Å²) >= 11 is 0. The van der Waals surface area contributed by atoms with Crippen LogP contribution in [0.3, 0.4) is 0 Å². The summed E-state index contributed by atoms with van der Waals surface area (Å²) < 4.78 is 0. The van der Waals surface area contributed by atoms with Crippen molar-refractivity contribution in [2.75, 3.05) is 12.3 Å². The second kappa shape index (κ2) is 6.06. The number of amides is 1. The lowest BCUT2D eigenvalue weighted by Crippen LogP contribution is -2.41. The van der Waals surface area contributed by atoms with E-state index in [2.05, 4.69) is 5.32 Å². The van der Waals surface area contributed by atoms with Crippen molar-refractivity contribution in [3.05, 3.63) is 29.3 Å². The number of aryl methyl sites for hydroxylation is 1. The average molecular weight is 264 g/mol. The molecule has 0 aromatic heterocycles. The summed E-state index contributed by atoms with van der Waals surface area (Å²) in [6, 6.07) is 5.23. The molecule has 0 radical (unpaired) electrons. The van der Waals surface area contributed by atoms with Gasteiger partial charge in [-0.25, -0.2) is 0 Å². The molecule has 0 heterocycles. The highest BCUT2D eigenvalue weighted by Gasteiger charge is 2.22. The molecule has 0 bridgehead atoms. The molecule has 0 spiro atoms. The summed E-state index contributed by atoms with van der Waals surface area (Å²) in [4.78, 5) is 12.0. The van der Waals surface area contributed by atoms with E-state index >= 15 is 0 Å². The average Bonchev–Trinajstić information content (AvgIpc) is 2.22. The molecule has 106 valence electrons. The van der Waals surface area contributed by atoms with Crippen molar-refractivity contribution < 1.29 is 9.90 Å². The van der Waals surface area contributed by atoms with E-state index in [1.807, 2.05) is 26.8 Å². The van der Waals surface area contributed by atoms with Crippen molar-refractivity contribution in [3.63, 3.8) is 0 Å². The zero-order valence-corrected chi connectivity index (χ0v) is 12.2. The molecule has 0 fully saturated rings. The quantitative estimate of drug-likeness (QED) is 0.713. The summed E-state index contributed by atoms with van der Waals surface area (Å²) in [5, 5.41) is 12.9. The molecule has 4 nitrogen and oxygen atoms in total. The van der Waals surface area contributed by atoms with Crippen molar-refractivity contribution in [3.8, 4) is 0 Å². The van der Waals surface area contributed by atoms with Gasteiger partial charge in [-0.3, -0.25) is 4.79 Å². The lowest BCUT2D eigenvalue weighted by Gasteiger charge is -2.25. The first-order valence-electron chi connectivity index (χ1n) is 6.57. The van der Waals surface area contributed by atoms with Crippen LogP contribution in [0.1, 0.15) is 43.1 Å². The van der Waals surface area contributed by atoms with Crippen LogP contribution < -0.4 is 11.1 Å². The fourth-order valence-electron chi connectivity index (χ4n) is 2.27. The Morgan fingerprint density at radius 3 is 2.58 bits per heavy atom. The van der Waals surface area contributed by atoms with Crippen molar-refractivity contribution in [2.45, 2.75) is 39.7 Å². The van der Waals surface area contributed by atoms with Gasteiger partial charge in [-0.05, 0) is 49.9 Å². The van der Waals surface area contributed by atoms with E-state index in [1.54, 1.807) is 19.1 Å². The molecule has 0 saturated heterocycles. The topological polar surface area (TPSA) is 75.4 Å². The van der Waals surface area contributed by atoms with Gasteiger partial charge >= 0.3 is 0 Å². The number of carbonyl (C=O) groups excluding carboxylic acids is 1. The van der Waals surface area contributed by atoms with Crippen LogP contribution >= 0.6 is 0 Å². The first-order valence-corrected chi connectivity index (χ1v) is 6.57. The largest absolute Gasteiger partial charge is 0.399 e. The highest BCUT2D eigenvalue weighted by molar-refractivity contribution is 5.95. The van der Waals surface area contributed by atoms with Gasteiger partial charge in [0.15, 0.2) is 0 Å². The first-order chi connectivity index (χ1) is 8.69. The lowest BCUT2D eigenvalue weighted by molar-refractivity contribution is 0.0368. The highest BCUT2D eigenvalue weighted by atomic mass is 16.3. The molecule has 1 rings (SSSR count). The number of nitrogen functional groups attached to an aromatic ring is 1. The lowest BCUT2D eigenvalue weighted by atomic mass is 9.94. The number of aliphatic hydroxyl groups is 1. The summed E-state index contributed by atoms with van der Waals surface area (Å²) in [6.07, 6.45) is 0.642. The Kier molecular flexibility index (Phi) is 4.95. The fourth-order valence-corrected chi connectivity index (χ4v) is 2.27. The Labute approximate surface area is 115 Å². The van der Waals surface area contributed by atoms with Crippen LogP contribution in [0.4, 0.5) is 5.69 Å². The maximum absolute atomic E-state index is 12.0. The number of benzene rings is 1. The van der Waals surface area contributed by atoms with E-state index < -0.39 is 5.60 Å². The standard InChI is InChI=1S/C15H24N2O2/c1-10(2)8-15(4,19)9-17-14(18)12-5-11(3)6-13(16)7-12/h5-7,10,19H,8-9,16H2,1-4H3,(H,17,18). The maximum atomic E-state index is 12.0. The van der Waals surface area contributed by atoms with Gasteiger partial charge in [0.05, 0.1) is 5.60 Å². The molecule has 0 aliphatic rings. The number of nitrogens with one attached hydrogen (secondary N) is 1. The number of carbonyl (C=O) groups is 1. The van der Waals surface area contributed by atoms with E-state index in [-0.39, 0.29) is 12.5 Å². The molecule has 4 heteroatoms. The molecule has 1 aromatic rings. The minimum atomic E-state index is -0.890. The minimum Gasteiger partial charge on any atom is -0.399 e. The monoisotopic (exact) mass is 264 g/mol. The minimum absolute atomic E-state index is 0.209. The Morgan fingerprint density at radius 1 is 1.42 bits per heavy atom. The summed E-state index contributed by atoms with van der Waals surface area (Å²) in [5.74, 6) is 0.168. The van der Waals surface area contributed by atoms with Crippen molar-refractivity contribution in [1.82, 2.24) is 5.32 Å². The third kappa shape index (κ3) is 5.30. The fraction of sp³-hybridized carbons (Fsp3) is 0.533.